The summed E-state index contributed by atoms with van der Waals surface area (Å²) in [5.41, 5.74) is 8.47. The minimum absolute atomic E-state index is 0.0342. The number of carbonyl (C=O) groups excluding carboxylic acids is 1. The Bertz CT molecular complexity index is 934. The molecule has 28 heavy (non-hydrogen) atoms. The molecule has 0 saturated carbocycles. The number of aromatic nitrogens is 3. The van der Waals surface area contributed by atoms with E-state index in [0.29, 0.717) is 23.8 Å². The number of halogens is 1. The quantitative estimate of drug-likeness (QED) is 0.549. The number of alkyl halides is 1. The fraction of sp³-hybridized carbons (Fsp3) is 0.200. The molecule has 0 unspecified atom stereocenters. The molecule has 0 aliphatic carbocycles. The highest BCUT2D eigenvalue weighted by atomic mass is 19.1. The number of hydrogen-bond donors (Lipinski definition) is 2. The molecule has 0 aliphatic heterocycles. The molecular weight excluding hydrogens is 361 g/mol. The van der Waals surface area contributed by atoms with Crippen molar-refractivity contribution in [3.63, 3.8) is 0 Å². The molecule has 3 aromatic heterocycles. The second kappa shape index (κ2) is 9.40. The van der Waals surface area contributed by atoms with E-state index >= 15 is 0 Å². The summed E-state index contributed by atoms with van der Waals surface area (Å²) in [6, 6.07) is 10.5. The van der Waals surface area contributed by atoms with Crippen molar-refractivity contribution in [2.24, 2.45) is 0 Å². The average Bonchev–Trinajstić information content (AvgIpc) is 2.72. The summed E-state index contributed by atoms with van der Waals surface area (Å²) in [6.45, 7) is -0.155. The molecule has 7 nitrogen and oxygen atoms in total. The Balaban J connectivity index is 1.60. The number of rotatable bonds is 9. The zero-order valence-corrected chi connectivity index (χ0v) is 15.1. The van der Waals surface area contributed by atoms with Gasteiger partial charge in [-0.3, -0.25) is 9.78 Å². The van der Waals surface area contributed by atoms with E-state index in [1.807, 2.05) is 12.1 Å². The first-order valence-corrected chi connectivity index (χ1v) is 8.72. The summed E-state index contributed by atoms with van der Waals surface area (Å²) in [5.74, 6) is 0.721. The molecule has 0 spiro atoms. The smallest absolute Gasteiger partial charge is 0.185 e. The Hall–Kier alpha value is -3.55. The van der Waals surface area contributed by atoms with Crippen molar-refractivity contribution >= 4 is 17.3 Å². The molecule has 3 aromatic rings. The van der Waals surface area contributed by atoms with Crippen LogP contribution in [-0.2, 0) is 13.0 Å². The van der Waals surface area contributed by atoms with Crippen LogP contribution in [0.25, 0.3) is 0 Å². The average molecular weight is 381 g/mol. The van der Waals surface area contributed by atoms with Crippen molar-refractivity contribution in [1.82, 2.24) is 15.0 Å². The van der Waals surface area contributed by atoms with Crippen molar-refractivity contribution in [1.29, 1.82) is 0 Å². The van der Waals surface area contributed by atoms with Gasteiger partial charge in [-0.05, 0) is 42.0 Å². The standard InChI is InChI=1S/C20H20FN5O2/c21-6-9-28-16-3-4-17(26-13-16)19(27)11-14-5-8-23-15(10-14)12-25-18-2-1-7-24-20(18)22/h1-5,7-8,10,13,25H,6,9,11-12H2,(H2,22,24). The van der Waals surface area contributed by atoms with Gasteiger partial charge in [0.2, 0.25) is 0 Å². The summed E-state index contributed by atoms with van der Waals surface area (Å²) >= 11 is 0. The van der Waals surface area contributed by atoms with E-state index < -0.39 is 6.67 Å². The van der Waals surface area contributed by atoms with Gasteiger partial charge in [-0.2, -0.15) is 0 Å². The Morgan fingerprint density at radius 2 is 2.04 bits per heavy atom. The highest BCUT2D eigenvalue weighted by molar-refractivity contribution is 5.95. The topological polar surface area (TPSA) is 103 Å². The number of anilines is 2. The van der Waals surface area contributed by atoms with E-state index in [0.717, 1.165) is 16.9 Å². The maximum absolute atomic E-state index is 12.5. The van der Waals surface area contributed by atoms with Gasteiger partial charge in [0.15, 0.2) is 5.78 Å². The Morgan fingerprint density at radius 1 is 1.14 bits per heavy atom. The first-order chi connectivity index (χ1) is 13.7. The lowest BCUT2D eigenvalue weighted by molar-refractivity contribution is 0.0988. The van der Waals surface area contributed by atoms with Crippen molar-refractivity contribution in [3.05, 3.63) is 71.9 Å². The molecule has 144 valence electrons. The number of ether oxygens (including phenoxy) is 1. The van der Waals surface area contributed by atoms with Crippen molar-refractivity contribution in [3.8, 4) is 5.75 Å². The van der Waals surface area contributed by atoms with Crippen LogP contribution in [0.4, 0.5) is 15.9 Å². The first kappa shape index (κ1) is 19.2. The molecule has 8 heteroatoms. The van der Waals surface area contributed by atoms with Crippen LogP contribution in [0.5, 0.6) is 5.75 Å². The Morgan fingerprint density at radius 3 is 2.79 bits per heavy atom. The summed E-state index contributed by atoms with van der Waals surface area (Å²) in [5, 5.41) is 3.18. The van der Waals surface area contributed by atoms with Crippen LogP contribution in [0.2, 0.25) is 0 Å². The molecule has 0 aliphatic rings. The van der Waals surface area contributed by atoms with Gasteiger partial charge in [0, 0.05) is 18.8 Å². The second-order valence-electron chi connectivity index (χ2n) is 5.96. The fourth-order valence-electron chi connectivity index (χ4n) is 2.55. The third-order valence-corrected chi connectivity index (χ3v) is 3.91. The van der Waals surface area contributed by atoms with Crippen molar-refractivity contribution in [2.45, 2.75) is 13.0 Å². The van der Waals surface area contributed by atoms with E-state index in [1.165, 1.54) is 6.20 Å². The van der Waals surface area contributed by atoms with Gasteiger partial charge >= 0.3 is 0 Å². The predicted octanol–water partition coefficient (Wildman–Crippen LogP) is 2.84. The lowest BCUT2D eigenvalue weighted by atomic mass is 10.1. The van der Waals surface area contributed by atoms with Crippen LogP contribution < -0.4 is 15.8 Å². The SMILES string of the molecule is Nc1ncccc1NCc1cc(CC(=O)c2ccc(OCCF)cn2)ccn1. The zero-order chi connectivity index (χ0) is 19.8. The van der Waals surface area contributed by atoms with Gasteiger partial charge in [-0.1, -0.05) is 0 Å². The van der Waals surface area contributed by atoms with Crippen LogP contribution in [0.3, 0.4) is 0 Å². The molecule has 0 bridgehead atoms. The molecule has 3 rings (SSSR count). The van der Waals surface area contributed by atoms with Gasteiger partial charge in [0.1, 0.15) is 30.5 Å². The number of nitrogens with two attached hydrogens (primary N) is 1. The molecular formula is C20H20FN5O2. The molecule has 3 N–H and O–H groups in total. The highest BCUT2D eigenvalue weighted by Gasteiger charge is 2.10. The second-order valence-corrected chi connectivity index (χ2v) is 5.96. The largest absolute Gasteiger partial charge is 0.489 e. The lowest BCUT2D eigenvalue weighted by Crippen LogP contribution is -2.08. The maximum atomic E-state index is 12.5. The number of carbonyl (C=O) groups is 1. The lowest BCUT2D eigenvalue weighted by Gasteiger charge is -2.09. The van der Waals surface area contributed by atoms with Gasteiger partial charge < -0.3 is 15.8 Å². The van der Waals surface area contributed by atoms with E-state index in [4.69, 9.17) is 10.5 Å². The molecule has 0 radical (unpaired) electrons. The minimum atomic E-state index is -0.576. The van der Waals surface area contributed by atoms with Crippen LogP contribution in [-0.4, -0.2) is 34.0 Å². The number of Topliss-reactive ketones (excluding diaryl/α,β-unsaturated/α-hetero) is 1. The fourth-order valence-corrected chi connectivity index (χ4v) is 2.55. The monoisotopic (exact) mass is 381 g/mol. The molecule has 0 aromatic carbocycles. The summed E-state index contributed by atoms with van der Waals surface area (Å²) in [7, 11) is 0. The summed E-state index contributed by atoms with van der Waals surface area (Å²) in [4.78, 5) is 24.9. The highest BCUT2D eigenvalue weighted by Crippen LogP contribution is 2.16. The van der Waals surface area contributed by atoms with E-state index in [1.54, 1.807) is 36.7 Å². The normalized spacial score (nSPS) is 10.5. The molecule has 3 heterocycles. The van der Waals surface area contributed by atoms with Crippen LogP contribution >= 0.6 is 0 Å². The maximum Gasteiger partial charge on any atom is 0.185 e. The molecule has 0 saturated heterocycles. The Labute approximate surface area is 161 Å². The van der Waals surface area contributed by atoms with Crippen molar-refractivity contribution in [2.75, 3.05) is 24.3 Å². The van der Waals surface area contributed by atoms with Gasteiger partial charge in [-0.15, -0.1) is 0 Å². The van der Waals surface area contributed by atoms with Gasteiger partial charge in [0.25, 0.3) is 0 Å². The molecule has 0 atom stereocenters. The number of nitrogen functional groups attached to an aromatic ring is 1. The number of hydrogen-bond acceptors (Lipinski definition) is 7. The van der Waals surface area contributed by atoms with Crippen LogP contribution in [0.1, 0.15) is 21.7 Å². The van der Waals surface area contributed by atoms with Crippen molar-refractivity contribution < 1.29 is 13.9 Å². The number of pyridine rings is 3. The summed E-state index contributed by atoms with van der Waals surface area (Å²) in [6.07, 6.45) is 4.90. The third kappa shape index (κ3) is 5.23. The number of ketones is 1. The molecule has 0 amide bonds. The van der Waals surface area contributed by atoms with Gasteiger partial charge in [0.05, 0.1) is 24.1 Å². The van der Waals surface area contributed by atoms with Crippen LogP contribution in [0.15, 0.2) is 55.0 Å². The van der Waals surface area contributed by atoms with Crippen LogP contribution in [0, 0.1) is 0 Å². The van der Waals surface area contributed by atoms with E-state index in [-0.39, 0.29) is 18.8 Å². The van der Waals surface area contributed by atoms with Gasteiger partial charge in [-0.25, -0.2) is 14.4 Å². The van der Waals surface area contributed by atoms with E-state index in [9.17, 15) is 9.18 Å². The summed E-state index contributed by atoms with van der Waals surface area (Å²) < 4.78 is 17.2. The zero-order valence-electron chi connectivity index (χ0n) is 15.1. The number of nitrogens with one attached hydrogen (secondary N) is 1. The minimum Gasteiger partial charge on any atom is -0.489 e. The first-order valence-electron chi connectivity index (χ1n) is 8.72. The predicted molar refractivity (Wildman–Crippen MR) is 104 cm³/mol. The van der Waals surface area contributed by atoms with E-state index in [2.05, 4.69) is 20.3 Å². The Kier molecular flexibility index (Phi) is 6.46. The number of nitrogens with zero attached hydrogens (tertiary/aromatic N) is 3. The molecule has 0 fully saturated rings. The third-order valence-electron chi connectivity index (χ3n) is 3.91.